The average Bonchev–Trinajstić information content (AvgIpc) is 3.43. The fourth-order valence-corrected chi connectivity index (χ4v) is 6.15. The van der Waals surface area contributed by atoms with Crippen molar-refractivity contribution in [2.24, 2.45) is 0 Å². The molecule has 1 aromatic heterocycles. The number of halogens is 2. The zero-order chi connectivity index (χ0) is 30.5. The van der Waals surface area contributed by atoms with Crippen molar-refractivity contribution in [3.05, 3.63) is 86.9 Å². The van der Waals surface area contributed by atoms with Crippen LogP contribution in [0.3, 0.4) is 0 Å². The Hall–Kier alpha value is -4.19. The van der Waals surface area contributed by atoms with Crippen molar-refractivity contribution in [3.63, 3.8) is 0 Å². The van der Waals surface area contributed by atoms with Crippen LogP contribution in [0.1, 0.15) is 44.3 Å². The molecule has 4 N–H and O–H groups in total. The van der Waals surface area contributed by atoms with Crippen molar-refractivity contribution >= 4 is 28.9 Å². The third-order valence-corrected chi connectivity index (χ3v) is 8.50. The van der Waals surface area contributed by atoms with Crippen molar-refractivity contribution in [3.8, 4) is 28.0 Å². The largest absolute Gasteiger partial charge is 0.496 e. The number of carbonyl (C=O) groups excluding carboxylic acids is 1. The van der Waals surface area contributed by atoms with Crippen molar-refractivity contribution in [1.82, 2.24) is 15.6 Å². The molecule has 43 heavy (non-hydrogen) atoms. The number of ether oxygens (including phenoxy) is 1. The summed E-state index contributed by atoms with van der Waals surface area (Å²) < 4.78 is 36.7. The number of nitrogens with one attached hydrogen (secondary N) is 3. The van der Waals surface area contributed by atoms with Gasteiger partial charge in [0.2, 0.25) is 0 Å². The van der Waals surface area contributed by atoms with Crippen LogP contribution >= 0.6 is 11.3 Å². The molecule has 5 rings (SSSR count). The molecule has 11 heteroatoms. The molecular formula is C32H32F2N4O4S. The van der Waals surface area contributed by atoms with Crippen LogP contribution in [0.4, 0.5) is 14.5 Å². The fraction of sp³-hybridized carbons (Fsp3) is 0.281. The molecule has 0 saturated carbocycles. The van der Waals surface area contributed by atoms with Crippen LogP contribution in [0.2, 0.25) is 0 Å². The summed E-state index contributed by atoms with van der Waals surface area (Å²) in [5, 5.41) is 18.1. The number of fused-ring (bicyclic) bond motifs is 1. The van der Waals surface area contributed by atoms with Gasteiger partial charge in [-0.2, -0.15) is 0 Å². The first kappa shape index (κ1) is 30.3. The van der Waals surface area contributed by atoms with Crippen LogP contribution in [0.5, 0.6) is 5.75 Å². The number of amides is 1. The average molecular weight is 607 g/mol. The predicted octanol–water partition coefficient (Wildman–Crippen LogP) is 5.92. The van der Waals surface area contributed by atoms with Crippen LogP contribution in [0.25, 0.3) is 22.3 Å². The molecule has 3 aromatic carbocycles. The number of anilines is 1. The molecule has 0 unspecified atom stereocenters. The van der Waals surface area contributed by atoms with Crippen LogP contribution in [0.15, 0.2) is 48.5 Å². The standard InChI is InChI=1S/C32H32F2N4O4S/c1-18-20(19-14-24(33)23(27(15-19)42-2)16-35-12-5-10-29(39)40)6-3-7-21(18)22-8-4-9-26(30(22)34)37-31(41)32-38-25-11-13-36-17-28(25)43-32/h3-4,6-9,14-15,35-36H,5,10-13,16-17H2,1-2H3,(H,37,41)(H,39,40). The maximum Gasteiger partial charge on any atom is 0.303 e. The van der Waals surface area contributed by atoms with Gasteiger partial charge in [-0.3, -0.25) is 9.59 Å². The van der Waals surface area contributed by atoms with E-state index < -0.39 is 23.5 Å². The minimum absolute atomic E-state index is 0.0302. The Labute approximate surface area is 252 Å². The molecule has 0 aliphatic carbocycles. The Morgan fingerprint density at radius 2 is 1.88 bits per heavy atom. The summed E-state index contributed by atoms with van der Waals surface area (Å²) in [7, 11) is 1.46. The number of aliphatic carboxylic acids is 1. The Kier molecular flexibility index (Phi) is 9.44. The zero-order valence-electron chi connectivity index (χ0n) is 23.9. The SMILES string of the molecule is COc1cc(-c2cccc(-c3cccc(NC(=O)c4nc5c(s4)CNCC5)c3F)c2C)cc(F)c1CNCCCC(=O)O. The third kappa shape index (κ3) is 6.74. The van der Waals surface area contributed by atoms with E-state index in [0.717, 1.165) is 29.1 Å². The highest BCUT2D eigenvalue weighted by molar-refractivity contribution is 7.13. The van der Waals surface area contributed by atoms with E-state index in [1.54, 1.807) is 30.3 Å². The summed E-state index contributed by atoms with van der Waals surface area (Å²) in [6.45, 7) is 3.92. The van der Waals surface area contributed by atoms with Crippen LogP contribution in [-0.2, 0) is 24.3 Å². The predicted molar refractivity (Wildman–Crippen MR) is 163 cm³/mol. The smallest absolute Gasteiger partial charge is 0.303 e. The number of hydrogen-bond acceptors (Lipinski definition) is 7. The number of nitrogens with zero attached hydrogens (tertiary/aromatic N) is 1. The van der Waals surface area contributed by atoms with Gasteiger partial charge in [0.05, 0.1) is 18.5 Å². The van der Waals surface area contributed by atoms with Crippen LogP contribution in [-0.4, -0.2) is 42.2 Å². The fourth-order valence-electron chi connectivity index (χ4n) is 5.17. The van der Waals surface area contributed by atoms with Crippen LogP contribution in [0, 0.1) is 18.6 Å². The molecule has 0 spiro atoms. The summed E-state index contributed by atoms with van der Waals surface area (Å²) in [6, 6.07) is 13.4. The molecule has 0 saturated heterocycles. The molecule has 1 aliphatic rings. The summed E-state index contributed by atoms with van der Waals surface area (Å²) in [4.78, 5) is 29.1. The Bertz CT molecular complexity index is 1650. The van der Waals surface area contributed by atoms with Gasteiger partial charge in [0, 0.05) is 48.5 Å². The Balaban J connectivity index is 1.39. The maximum atomic E-state index is 15.9. The first-order valence-electron chi connectivity index (χ1n) is 13.9. The number of carboxylic acids is 1. The van der Waals surface area contributed by atoms with Crippen LogP contribution < -0.4 is 20.7 Å². The Morgan fingerprint density at radius 1 is 1.12 bits per heavy atom. The third-order valence-electron chi connectivity index (χ3n) is 7.40. The van der Waals surface area contributed by atoms with Gasteiger partial charge in [0.1, 0.15) is 11.6 Å². The number of carbonyl (C=O) groups is 2. The van der Waals surface area contributed by atoms with E-state index in [9.17, 15) is 9.59 Å². The van der Waals surface area contributed by atoms with E-state index in [2.05, 4.69) is 20.9 Å². The first-order valence-corrected chi connectivity index (χ1v) is 14.8. The van der Waals surface area contributed by atoms with E-state index in [0.29, 0.717) is 58.1 Å². The molecule has 0 bridgehead atoms. The summed E-state index contributed by atoms with van der Waals surface area (Å²) >= 11 is 1.31. The lowest BCUT2D eigenvalue weighted by atomic mass is 9.91. The van der Waals surface area contributed by atoms with Crippen molar-refractivity contribution in [2.75, 3.05) is 25.5 Å². The second kappa shape index (κ2) is 13.4. The van der Waals surface area contributed by atoms with Gasteiger partial charge in [-0.05, 0) is 60.3 Å². The number of carboxylic acid groups (broad SMARTS) is 1. The van der Waals surface area contributed by atoms with Gasteiger partial charge in [-0.15, -0.1) is 11.3 Å². The lowest BCUT2D eigenvalue weighted by Crippen LogP contribution is -2.22. The van der Waals surface area contributed by atoms with Gasteiger partial charge in [-0.1, -0.05) is 30.3 Å². The van der Waals surface area contributed by atoms with Gasteiger partial charge in [0.25, 0.3) is 5.91 Å². The Morgan fingerprint density at radius 3 is 2.65 bits per heavy atom. The number of rotatable bonds is 11. The highest BCUT2D eigenvalue weighted by atomic mass is 32.1. The number of benzene rings is 3. The maximum absolute atomic E-state index is 15.9. The number of hydrogen-bond donors (Lipinski definition) is 4. The summed E-state index contributed by atoms with van der Waals surface area (Å²) in [5.41, 5.74) is 4.19. The van der Waals surface area contributed by atoms with E-state index in [1.807, 2.05) is 13.0 Å². The van der Waals surface area contributed by atoms with E-state index in [1.165, 1.54) is 30.6 Å². The quantitative estimate of drug-likeness (QED) is 0.157. The second-order valence-electron chi connectivity index (χ2n) is 10.2. The lowest BCUT2D eigenvalue weighted by Gasteiger charge is -2.17. The molecule has 0 radical (unpaired) electrons. The lowest BCUT2D eigenvalue weighted by molar-refractivity contribution is -0.137. The number of methoxy groups -OCH3 is 1. The topological polar surface area (TPSA) is 113 Å². The summed E-state index contributed by atoms with van der Waals surface area (Å²) in [5.74, 6) is -2.04. The number of thiazole rings is 1. The van der Waals surface area contributed by atoms with Crippen molar-refractivity contribution in [1.29, 1.82) is 0 Å². The van der Waals surface area contributed by atoms with Crippen molar-refractivity contribution in [2.45, 2.75) is 39.3 Å². The van der Waals surface area contributed by atoms with E-state index >= 15 is 8.78 Å². The molecule has 0 atom stereocenters. The van der Waals surface area contributed by atoms with Gasteiger partial charge < -0.3 is 25.8 Å². The second-order valence-corrected chi connectivity index (χ2v) is 11.3. The number of aromatic nitrogens is 1. The first-order chi connectivity index (χ1) is 20.8. The highest BCUT2D eigenvalue weighted by Crippen LogP contribution is 2.37. The van der Waals surface area contributed by atoms with Crippen molar-refractivity contribution < 1.29 is 28.2 Å². The normalized spacial score (nSPS) is 12.6. The van der Waals surface area contributed by atoms with Gasteiger partial charge in [-0.25, -0.2) is 13.8 Å². The zero-order valence-corrected chi connectivity index (χ0v) is 24.7. The molecule has 1 aliphatic heterocycles. The minimum atomic E-state index is -0.879. The molecule has 0 fully saturated rings. The molecule has 8 nitrogen and oxygen atoms in total. The van der Waals surface area contributed by atoms with E-state index in [4.69, 9.17) is 9.84 Å². The molecule has 4 aromatic rings. The van der Waals surface area contributed by atoms with Gasteiger partial charge in [0.15, 0.2) is 10.8 Å². The minimum Gasteiger partial charge on any atom is -0.496 e. The molecule has 1 amide bonds. The monoisotopic (exact) mass is 606 g/mol. The summed E-state index contributed by atoms with van der Waals surface area (Å²) in [6.07, 6.45) is 1.21. The molecular weight excluding hydrogens is 574 g/mol. The molecule has 224 valence electrons. The van der Waals surface area contributed by atoms with Gasteiger partial charge >= 0.3 is 5.97 Å². The van der Waals surface area contributed by atoms with E-state index in [-0.39, 0.29) is 18.7 Å². The highest BCUT2D eigenvalue weighted by Gasteiger charge is 2.22. The molecule has 2 heterocycles.